The van der Waals surface area contributed by atoms with Crippen molar-refractivity contribution in [3.05, 3.63) is 0 Å². The third kappa shape index (κ3) is 4.66. The molecule has 4 unspecified atom stereocenters. The summed E-state index contributed by atoms with van der Waals surface area (Å²) in [6, 6.07) is 0.433. The van der Waals surface area contributed by atoms with E-state index in [1.807, 2.05) is 18.7 Å². The third-order valence-corrected chi connectivity index (χ3v) is 6.03. The molecule has 0 aromatic carbocycles. The van der Waals surface area contributed by atoms with Gasteiger partial charge in [0.05, 0.1) is 0 Å². The summed E-state index contributed by atoms with van der Waals surface area (Å²) in [6.45, 7) is 6.39. The highest BCUT2D eigenvalue weighted by atomic mass is 32.2. The summed E-state index contributed by atoms with van der Waals surface area (Å²) in [4.78, 5) is 11.6. The molecule has 2 aliphatic carbocycles. The number of thioether (sulfide) groups is 1. The van der Waals surface area contributed by atoms with Gasteiger partial charge in [-0.2, -0.15) is 11.8 Å². The molecule has 0 radical (unpaired) electrons. The minimum absolute atomic E-state index is 0.401. The summed E-state index contributed by atoms with van der Waals surface area (Å²) in [5, 5.41) is 14.0. The molecule has 2 fully saturated rings. The summed E-state index contributed by atoms with van der Waals surface area (Å²) in [7, 11) is 0. The first-order valence-electron chi connectivity index (χ1n) is 8.05. The average Bonchev–Trinajstić information content (AvgIpc) is 3.12. The molecule has 0 aliphatic heterocycles. The molecule has 0 bridgehead atoms. The number of carbonyl (C=O) groups is 1. The molecule has 0 aromatic rings. The standard InChI is InChI=1S/C16H29NO2S/c1-11-5-4-6-14(9-11)20-12(2)10-16(3,15(18)19)17-13-7-8-13/h11-14,17H,4-10H2,1-3H3,(H,18,19). The normalized spacial score (nSPS) is 31.6. The van der Waals surface area contributed by atoms with E-state index in [1.54, 1.807) is 0 Å². The molecule has 2 saturated carbocycles. The lowest BCUT2D eigenvalue weighted by Crippen LogP contribution is -2.52. The van der Waals surface area contributed by atoms with Crippen molar-refractivity contribution in [2.24, 2.45) is 5.92 Å². The summed E-state index contributed by atoms with van der Waals surface area (Å²) in [6.07, 6.45) is 8.28. The highest BCUT2D eigenvalue weighted by Gasteiger charge is 2.40. The van der Waals surface area contributed by atoms with Gasteiger partial charge >= 0.3 is 5.97 Å². The molecular weight excluding hydrogens is 270 g/mol. The van der Waals surface area contributed by atoms with Crippen LogP contribution in [0.1, 0.15) is 65.7 Å². The number of carboxylic acid groups (broad SMARTS) is 1. The largest absolute Gasteiger partial charge is 0.480 e. The van der Waals surface area contributed by atoms with Crippen LogP contribution in [-0.2, 0) is 4.79 Å². The lowest BCUT2D eigenvalue weighted by atomic mass is 9.90. The average molecular weight is 299 g/mol. The van der Waals surface area contributed by atoms with E-state index in [9.17, 15) is 9.90 Å². The molecule has 4 heteroatoms. The van der Waals surface area contributed by atoms with Crippen LogP contribution in [0.2, 0.25) is 0 Å². The molecule has 20 heavy (non-hydrogen) atoms. The first-order chi connectivity index (χ1) is 9.39. The first-order valence-corrected chi connectivity index (χ1v) is 9.00. The lowest BCUT2D eigenvalue weighted by molar-refractivity contribution is -0.144. The highest BCUT2D eigenvalue weighted by Crippen LogP contribution is 2.36. The van der Waals surface area contributed by atoms with Crippen molar-refractivity contribution in [3.8, 4) is 0 Å². The lowest BCUT2D eigenvalue weighted by Gasteiger charge is -2.33. The molecule has 116 valence electrons. The first kappa shape index (κ1) is 16.2. The van der Waals surface area contributed by atoms with Gasteiger partial charge in [-0.1, -0.05) is 26.7 Å². The molecule has 2 rings (SSSR count). The summed E-state index contributed by atoms with van der Waals surface area (Å²) in [5.74, 6) is 0.137. The van der Waals surface area contributed by atoms with E-state index in [1.165, 1.54) is 25.7 Å². The smallest absolute Gasteiger partial charge is 0.323 e. The zero-order chi connectivity index (χ0) is 14.8. The van der Waals surface area contributed by atoms with Crippen LogP contribution in [0.25, 0.3) is 0 Å². The maximum Gasteiger partial charge on any atom is 0.323 e. The Labute approximate surface area is 127 Å². The van der Waals surface area contributed by atoms with Gasteiger partial charge in [0.1, 0.15) is 5.54 Å². The minimum atomic E-state index is -0.756. The van der Waals surface area contributed by atoms with Gasteiger partial charge in [-0.3, -0.25) is 10.1 Å². The van der Waals surface area contributed by atoms with Crippen molar-refractivity contribution in [2.75, 3.05) is 0 Å². The van der Waals surface area contributed by atoms with Crippen LogP contribution in [0.15, 0.2) is 0 Å². The summed E-state index contributed by atoms with van der Waals surface area (Å²) < 4.78 is 0. The molecular formula is C16H29NO2S. The van der Waals surface area contributed by atoms with Crippen LogP contribution in [0.4, 0.5) is 0 Å². The maximum absolute atomic E-state index is 11.6. The Morgan fingerprint density at radius 3 is 2.65 bits per heavy atom. The third-order valence-electron chi connectivity index (χ3n) is 4.58. The molecule has 4 atom stereocenters. The van der Waals surface area contributed by atoms with E-state index in [-0.39, 0.29) is 0 Å². The van der Waals surface area contributed by atoms with E-state index in [2.05, 4.69) is 19.2 Å². The topological polar surface area (TPSA) is 49.3 Å². The molecule has 0 saturated heterocycles. The monoisotopic (exact) mass is 299 g/mol. The predicted molar refractivity (Wildman–Crippen MR) is 85.3 cm³/mol. The number of rotatable bonds is 7. The molecule has 3 nitrogen and oxygen atoms in total. The second-order valence-corrected chi connectivity index (χ2v) is 8.84. The van der Waals surface area contributed by atoms with Gasteiger partial charge in [-0.25, -0.2) is 0 Å². The van der Waals surface area contributed by atoms with Gasteiger partial charge in [0.15, 0.2) is 0 Å². The number of nitrogens with one attached hydrogen (secondary N) is 1. The van der Waals surface area contributed by atoms with Crippen molar-refractivity contribution in [1.29, 1.82) is 0 Å². The van der Waals surface area contributed by atoms with Gasteiger partial charge in [0.25, 0.3) is 0 Å². The Bertz CT molecular complexity index is 345. The Morgan fingerprint density at radius 1 is 1.40 bits per heavy atom. The zero-order valence-corrected chi connectivity index (χ0v) is 13.8. The Balaban J connectivity index is 1.84. The van der Waals surface area contributed by atoms with Crippen molar-refractivity contribution >= 4 is 17.7 Å². The molecule has 0 amide bonds. The van der Waals surface area contributed by atoms with E-state index in [0.717, 1.165) is 24.0 Å². The minimum Gasteiger partial charge on any atom is -0.480 e. The Hall–Kier alpha value is -0.220. The van der Waals surface area contributed by atoms with Crippen molar-refractivity contribution in [1.82, 2.24) is 5.32 Å². The van der Waals surface area contributed by atoms with Crippen LogP contribution in [-0.4, -0.2) is 33.2 Å². The highest BCUT2D eigenvalue weighted by molar-refractivity contribution is 8.00. The maximum atomic E-state index is 11.6. The predicted octanol–water partition coefficient (Wildman–Crippen LogP) is 3.67. The number of aliphatic carboxylic acids is 1. The molecule has 0 spiro atoms. The van der Waals surface area contributed by atoms with Gasteiger partial charge in [-0.15, -0.1) is 0 Å². The molecule has 0 aromatic heterocycles. The second-order valence-electron chi connectivity index (χ2n) is 7.10. The van der Waals surface area contributed by atoms with E-state index in [0.29, 0.717) is 17.7 Å². The van der Waals surface area contributed by atoms with Crippen LogP contribution in [0.3, 0.4) is 0 Å². The fourth-order valence-electron chi connectivity index (χ4n) is 3.34. The van der Waals surface area contributed by atoms with Gasteiger partial charge in [-0.05, 0) is 44.9 Å². The van der Waals surface area contributed by atoms with Crippen LogP contribution < -0.4 is 5.32 Å². The second kappa shape index (κ2) is 6.69. The SMILES string of the molecule is CC1CCCC(SC(C)CC(C)(NC2CC2)C(=O)O)C1. The van der Waals surface area contributed by atoms with Gasteiger partial charge in [0.2, 0.25) is 0 Å². The zero-order valence-electron chi connectivity index (χ0n) is 13.0. The van der Waals surface area contributed by atoms with Crippen LogP contribution in [0.5, 0.6) is 0 Å². The van der Waals surface area contributed by atoms with E-state index >= 15 is 0 Å². The van der Waals surface area contributed by atoms with Crippen molar-refractivity contribution < 1.29 is 9.90 Å². The summed E-state index contributed by atoms with van der Waals surface area (Å²) in [5.41, 5.74) is -0.756. The fourth-order valence-corrected chi connectivity index (χ4v) is 5.17. The van der Waals surface area contributed by atoms with Crippen LogP contribution >= 0.6 is 11.8 Å². The Morgan fingerprint density at radius 2 is 2.10 bits per heavy atom. The van der Waals surface area contributed by atoms with Gasteiger partial charge < -0.3 is 5.11 Å². The number of hydrogen-bond donors (Lipinski definition) is 2. The summed E-state index contributed by atoms with van der Waals surface area (Å²) >= 11 is 2.01. The fraction of sp³-hybridized carbons (Fsp3) is 0.938. The van der Waals surface area contributed by atoms with Crippen LogP contribution in [0, 0.1) is 5.92 Å². The van der Waals surface area contributed by atoms with Crippen molar-refractivity contribution in [3.63, 3.8) is 0 Å². The van der Waals surface area contributed by atoms with E-state index in [4.69, 9.17) is 0 Å². The number of carboxylic acids is 1. The van der Waals surface area contributed by atoms with E-state index < -0.39 is 11.5 Å². The molecule has 0 heterocycles. The molecule has 2 aliphatic rings. The molecule has 2 N–H and O–H groups in total. The Kier molecular flexibility index (Phi) is 5.41. The van der Waals surface area contributed by atoms with Crippen molar-refractivity contribution in [2.45, 2.75) is 87.8 Å². The van der Waals surface area contributed by atoms with Gasteiger partial charge in [0, 0.05) is 16.5 Å². The number of hydrogen-bond acceptors (Lipinski definition) is 3. The quantitative estimate of drug-likeness (QED) is 0.753.